The number of esters is 1. The number of benzene rings is 1. The van der Waals surface area contributed by atoms with E-state index < -0.39 is 34.4 Å². The minimum atomic E-state index is -3.08. The van der Waals surface area contributed by atoms with E-state index in [9.17, 15) is 22.8 Å². The summed E-state index contributed by atoms with van der Waals surface area (Å²) in [6.07, 6.45) is 1.72. The third-order valence-electron chi connectivity index (χ3n) is 4.42. The third-order valence-corrected chi connectivity index (χ3v) is 6.19. The molecule has 1 unspecified atom stereocenters. The fourth-order valence-electron chi connectivity index (χ4n) is 3.09. The molecule has 3 rings (SSSR count). The standard InChI is InChI=1S/C17H20N2O6S/c20-15(18-13-7-9-26(23,24)11-13)10-25-17(22)12-3-5-14(6-4-12)19-8-1-2-16(19)21/h3-6,13H,1-2,7-11H2,(H,18,20). The zero-order chi connectivity index (χ0) is 18.7. The average molecular weight is 380 g/mol. The van der Waals surface area contributed by atoms with Gasteiger partial charge in [-0.15, -0.1) is 0 Å². The highest BCUT2D eigenvalue weighted by Gasteiger charge is 2.29. The highest BCUT2D eigenvalue weighted by molar-refractivity contribution is 7.91. The van der Waals surface area contributed by atoms with Gasteiger partial charge in [0.25, 0.3) is 5.91 Å². The Morgan fingerprint density at radius 2 is 1.96 bits per heavy atom. The molecule has 26 heavy (non-hydrogen) atoms. The molecule has 1 atom stereocenters. The van der Waals surface area contributed by atoms with Gasteiger partial charge in [-0.3, -0.25) is 9.59 Å². The van der Waals surface area contributed by atoms with E-state index in [-0.39, 0.29) is 23.0 Å². The lowest BCUT2D eigenvalue weighted by Crippen LogP contribution is -2.38. The fourth-order valence-corrected chi connectivity index (χ4v) is 4.76. The van der Waals surface area contributed by atoms with Crippen LogP contribution in [0.5, 0.6) is 0 Å². The van der Waals surface area contributed by atoms with Crippen molar-refractivity contribution >= 4 is 33.3 Å². The number of amides is 2. The van der Waals surface area contributed by atoms with Gasteiger partial charge in [0.05, 0.1) is 17.1 Å². The van der Waals surface area contributed by atoms with Crippen LogP contribution >= 0.6 is 0 Å². The molecule has 0 aromatic heterocycles. The second-order valence-corrected chi connectivity index (χ2v) is 8.67. The second kappa shape index (κ2) is 7.45. The summed E-state index contributed by atoms with van der Waals surface area (Å²) in [5.41, 5.74) is 1.00. The van der Waals surface area contributed by atoms with Gasteiger partial charge in [-0.1, -0.05) is 0 Å². The van der Waals surface area contributed by atoms with Crippen molar-refractivity contribution in [3.8, 4) is 0 Å². The van der Waals surface area contributed by atoms with Crippen LogP contribution in [0.1, 0.15) is 29.6 Å². The van der Waals surface area contributed by atoms with Gasteiger partial charge in [0.2, 0.25) is 5.91 Å². The van der Waals surface area contributed by atoms with E-state index in [1.807, 2.05) is 0 Å². The Morgan fingerprint density at radius 1 is 1.23 bits per heavy atom. The molecule has 0 aliphatic carbocycles. The van der Waals surface area contributed by atoms with Crippen molar-refractivity contribution in [2.45, 2.75) is 25.3 Å². The second-order valence-electron chi connectivity index (χ2n) is 6.44. The number of hydrogen-bond acceptors (Lipinski definition) is 6. The first-order chi connectivity index (χ1) is 12.3. The zero-order valence-electron chi connectivity index (χ0n) is 14.1. The predicted molar refractivity (Wildman–Crippen MR) is 93.5 cm³/mol. The molecule has 2 aliphatic rings. The number of nitrogens with one attached hydrogen (secondary N) is 1. The smallest absolute Gasteiger partial charge is 0.338 e. The van der Waals surface area contributed by atoms with Gasteiger partial charge >= 0.3 is 5.97 Å². The number of rotatable bonds is 5. The van der Waals surface area contributed by atoms with Crippen LogP contribution in [-0.4, -0.2) is 56.9 Å². The van der Waals surface area contributed by atoms with Gasteiger partial charge in [-0.05, 0) is 37.1 Å². The number of nitrogens with zero attached hydrogens (tertiary/aromatic N) is 1. The minimum Gasteiger partial charge on any atom is -0.452 e. The first kappa shape index (κ1) is 18.4. The van der Waals surface area contributed by atoms with Crippen LogP contribution in [0.15, 0.2) is 24.3 Å². The molecule has 9 heteroatoms. The van der Waals surface area contributed by atoms with Gasteiger partial charge < -0.3 is 15.0 Å². The molecule has 2 aliphatic heterocycles. The summed E-state index contributed by atoms with van der Waals surface area (Å²) in [6.45, 7) is 0.196. The summed E-state index contributed by atoms with van der Waals surface area (Å²) in [4.78, 5) is 37.2. The van der Waals surface area contributed by atoms with E-state index in [2.05, 4.69) is 5.32 Å². The van der Waals surface area contributed by atoms with E-state index >= 15 is 0 Å². The van der Waals surface area contributed by atoms with Crippen molar-refractivity contribution in [2.24, 2.45) is 0 Å². The summed E-state index contributed by atoms with van der Waals surface area (Å²) >= 11 is 0. The fraction of sp³-hybridized carbons (Fsp3) is 0.471. The number of sulfone groups is 1. The molecule has 8 nitrogen and oxygen atoms in total. The Bertz CT molecular complexity index is 818. The van der Waals surface area contributed by atoms with Gasteiger partial charge in [-0.2, -0.15) is 0 Å². The molecule has 140 valence electrons. The van der Waals surface area contributed by atoms with Crippen molar-refractivity contribution in [1.29, 1.82) is 0 Å². The number of carbonyl (C=O) groups excluding carboxylic acids is 3. The highest BCUT2D eigenvalue weighted by Crippen LogP contribution is 2.21. The van der Waals surface area contributed by atoms with Crippen molar-refractivity contribution in [2.75, 3.05) is 29.6 Å². The quantitative estimate of drug-likeness (QED) is 0.735. The summed E-state index contributed by atoms with van der Waals surface area (Å²) in [7, 11) is -3.08. The zero-order valence-corrected chi connectivity index (χ0v) is 15.0. The van der Waals surface area contributed by atoms with E-state index in [1.54, 1.807) is 29.2 Å². The van der Waals surface area contributed by atoms with Crippen molar-refractivity contribution in [3.63, 3.8) is 0 Å². The van der Waals surface area contributed by atoms with Crippen LogP contribution in [0.2, 0.25) is 0 Å². The Balaban J connectivity index is 1.48. The molecule has 0 saturated carbocycles. The molecule has 0 radical (unpaired) electrons. The van der Waals surface area contributed by atoms with Crippen LogP contribution in [-0.2, 0) is 24.2 Å². The molecule has 1 aromatic rings. The molecule has 2 amide bonds. The van der Waals surface area contributed by atoms with Crippen LogP contribution in [0.25, 0.3) is 0 Å². The SMILES string of the molecule is O=C(COC(=O)c1ccc(N2CCCC2=O)cc1)NC1CCS(=O)(=O)C1. The molecule has 0 spiro atoms. The maximum Gasteiger partial charge on any atom is 0.338 e. The normalized spacial score (nSPS) is 21.6. The van der Waals surface area contributed by atoms with Gasteiger partial charge in [0.15, 0.2) is 16.4 Å². The number of anilines is 1. The summed E-state index contributed by atoms with van der Waals surface area (Å²) in [5.74, 6) is -1.14. The molecule has 1 N–H and O–H groups in total. The topological polar surface area (TPSA) is 110 Å². The van der Waals surface area contributed by atoms with Crippen LogP contribution < -0.4 is 10.2 Å². The number of hydrogen-bond donors (Lipinski definition) is 1. The van der Waals surface area contributed by atoms with Crippen molar-refractivity contribution in [1.82, 2.24) is 5.32 Å². The molecule has 2 heterocycles. The summed E-state index contributed by atoms with van der Waals surface area (Å²) in [5, 5.41) is 2.55. The Hall–Kier alpha value is -2.42. The molecule has 1 aromatic carbocycles. The molecule has 0 bridgehead atoms. The summed E-state index contributed by atoms with van der Waals surface area (Å²) < 4.78 is 27.7. The Kier molecular flexibility index (Phi) is 5.26. The number of carbonyl (C=O) groups is 3. The third kappa shape index (κ3) is 4.40. The lowest BCUT2D eigenvalue weighted by molar-refractivity contribution is -0.124. The average Bonchev–Trinajstić information content (AvgIpc) is 3.18. The van der Waals surface area contributed by atoms with E-state index in [0.717, 1.165) is 12.1 Å². The van der Waals surface area contributed by atoms with E-state index in [4.69, 9.17) is 4.74 Å². The largest absolute Gasteiger partial charge is 0.452 e. The first-order valence-corrected chi connectivity index (χ1v) is 10.2. The molecular formula is C17H20N2O6S. The van der Waals surface area contributed by atoms with Crippen molar-refractivity contribution in [3.05, 3.63) is 29.8 Å². The predicted octanol–water partition coefficient (Wildman–Crippen LogP) is 0.274. The van der Waals surface area contributed by atoms with Gasteiger partial charge in [0.1, 0.15) is 0 Å². The maximum absolute atomic E-state index is 12.0. The maximum atomic E-state index is 12.0. The molecular weight excluding hydrogens is 360 g/mol. The van der Waals surface area contributed by atoms with Crippen LogP contribution in [0, 0.1) is 0 Å². The van der Waals surface area contributed by atoms with E-state index in [1.165, 1.54) is 0 Å². The lowest BCUT2D eigenvalue weighted by atomic mass is 10.2. The Labute approximate surface area is 151 Å². The summed E-state index contributed by atoms with van der Waals surface area (Å²) in [6, 6.07) is 6.01. The molecule has 2 saturated heterocycles. The highest BCUT2D eigenvalue weighted by atomic mass is 32.2. The van der Waals surface area contributed by atoms with Gasteiger partial charge in [-0.25, -0.2) is 13.2 Å². The number of ether oxygens (including phenoxy) is 1. The monoisotopic (exact) mass is 380 g/mol. The Morgan fingerprint density at radius 3 is 2.54 bits per heavy atom. The van der Waals surface area contributed by atoms with Crippen LogP contribution in [0.4, 0.5) is 5.69 Å². The first-order valence-electron chi connectivity index (χ1n) is 8.41. The van der Waals surface area contributed by atoms with Gasteiger partial charge in [0, 0.05) is 24.7 Å². The van der Waals surface area contributed by atoms with Crippen molar-refractivity contribution < 1.29 is 27.5 Å². The van der Waals surface area contributed by atoms with E-state index in [0.29, 0.717) is 19.4 Å². The minimum absolute atomic E-state index is 0.0591. The lowest BCUT2D eigenvalue weighted by Gasteiger charge is -2.15. The van der Waals surface area contributed by atoms with Crippen LogP contribution in [0.3, 0.4) is 0 Å². The molecule has 2 fully saturated rings.